The Hall–Kier alpha value is -2.95. The number of carbonyl (C=O) groups excluding carboxylic acids is 1. The summed E-state index contributed by atoms with van der Waals surface area (Å²) in [4.78, 5) is 29.5. The van der Waals surface area contributed by atoms with Gasteiger partial charge in [0, 0.05) is 12.1 Å². The lowest BCUT2D eigenvalue weighted by Crippen LogP contribution is -2.31. The summed E-state index contributed by atoms with van der Waals surface area (Å²) in [5.41, 5.74) is 2.31. The van der Waals surface area contributed by atoms with Crippen LogP contribution in [-0.2, 0) is 17.8 Å². The number of aryl methyl sites for hydroxylation is 2. The zero-order valence-corrected chi connectivity index (χ0v) is 13.7. The maximum Gasteiger partial charge on any atom is 0.261 e. The van der Waals surface area contributed by atoms with E-state index in [-0.39, 0.29) is 18.0 Å². The topological polar surface area (TPSA) is 64.0 Å². The zero-order chi connectivity index (χ0) is 17.1. The minimum absolute atomic E-state index is 0.0479. The summed E-state index contributed by atoms with van der Waals surface area (Å²) in [5.74, 6) is 0.366. The second kappa shape index (κ2) is 6.66. The number of nitrogens with zero attached hydrogens (tertiary/aromatic N) is 2. The molecule has 0 atom stereocenters. The molecule has 5 heteroatoms. The van der Waals surface area contributed by atoms with Gasteiger partial charge in [-0.3, -0.25) is 14.2 Å². The van der Waals surface area contributed by atoms with Crippen LogP contribution in [0.5, 0.6) is 0 Å². The molecule has 5 nitrogen and oxygen atoms in total. The normalized spacial score (nSPS) is 10.8. The van der Waals surface area contributed by atoms with E-state index >= 15 is 0 Å². The van der Waals surface area contributed by atoms with Gasteiger partial charge in [0.15, 0.2) is 0 Å². The summed E-state index contributed by atoms with van der Waals surface area (Å²) in [6, 6.07) is 14.7. The van der Waals surface area contributed by atoms with Gasteiger partial charge in [0.05, 0.1) is 10.9 Å². The van der Waals surface area contributed by atoms with Crippen molar-refractivity contribution >= 4 is 22.5 Å². The maximum atomic E-state index is 12.7. The van der Waals surface area contributed by atoms with E-state index < -0.39 is 0 Å². The molecule has 0 fully saturated rings. The number of fused-ring (bicyclic) bond motifs is 1. The summed E-state index contributed by atoms with van der Waals surface area (Å²) >= 11 is 0. The van der Waals surface area contributed by atoms with Crippen LogP contribution in [0.4, 0.5) is 5.69 Å². The molecule has 2 aromatic carbocycles. The molecule has 0 aliphatic heterocycles. The highest BCUT2D eigenvalue weighted by Gasteiger charge is 2.13. The number of carbonyl (C=O) groups is 1. The largest absolute Gasteiger partial charge is 0.325 e. The Morgan fingerprint density at radius 2 is 1.83 bits per heavy atom. The molecule has 24 heavy (non-hydrogen) atoms. The first-order valence-electron chi connectivity index (χ1n) is 7.93. The van der Waals surface area contributed by atoms with E-state index in [4.69, 9.17) is 0 Å². The molecule has 3 rings (SSSR count). The third-order valence-corrected chi connectivity index (χ3v) is 3.89. The van der Waals surface area contributed by atoms with Crippen molar-refractivity contribution in [1.29, 1.82) is 0 Å². The number of aromatic nitrogens is 2. The Labute approximate surface area is 140 Å². The number of rotatable bonds is 4. The average molecular weight is 321 g/mol. The number of hydrogen-bond acceptors (Lipinski definition) is 3. The van der Waals surface area contributed by atoms with Crippen LogP contribution in [0.3, 0.4) is 0 Å². The second-order valence-electron chi connectivity index (χ2n) is 5.70. The minimum atomic E-state index is -0.243. The van der Waals surface area contributed by atoms with Gasteiger partial charge >= 0.3 is 0 Å². The quantitative estimate of drug-likeness (QED) is 0.803. The van der Waals surface area contributed by atoms with E-state index in [9.17, 15) is 9.59 Å². The molecule has 0 saturated heterocycles. The molecule has 0 aliphatic carbocycles. The predicted octanol–water partition coefficient (Wildman–Crippen LogP) is 2.91. The van der Waals surface area contributed by atoms with E-state index in [1.165, 1.54) is 4.57 Å². The molecule has 1 heterocycles. The van der Waals surface area contributed by atoms with Gasteiger partial charge in [-0.2, -0.15) is 0 Å². The number of nitrogens with one attached hydrogen (secondary N) is 1. The van der Waals surface area contributed by atoms with Crippen molar-refractivity contribution in [3.05, 3.63) is 70.3 Å². The fraction of sp³-hybridized carbons (Fsp3) is 0.211. The SMILES string of the molecule is CCc1nc2ccccc2c(=O)n1CC(=O)Nc1ccc(C)cc1. The number of amides is 1. The van der Waals surface area contributed by atoms with Crippen LogP contribution in [0.25, 0.3) is 10.9 Å². The Balaban J connectivity index is 1.91. The van der Waals surface area contributed by atoms with E-state index in [0.29, 0.717) is 28.8 Å². The van der Waals surface area contributed by atoms with Crippen LogP contribution in [0.2, 0.25) is 0 Å². The highest BCUT2D eigenvalue weighted by Crippen LogP contribution is 2.10. The highest BCUT2D eigenvalue weighted by atomic mass is 16.2. The molecule has 3 aromatic rings. The van der Waals surface area contributed by atoms with Crippen LogP contribution >= 0.6 is 0 Å². The second-order valence-corrected chi connectivity index (χ2v) is 5.70. The highest BCUT2D eigenvalue weighted by molar-refractivity contribution is 5.90. The van der Waals surface area contributed by atoms with Gasteiger partial charge in [0.1, 0.15) is 12.4 Å². The van der Waals surface area contributed by atoms with Crippen molar-refractivity contribution in [1.82, 2.24) is 9.55 Å². The predicted molar refractivity (Wildman–Crippen MR) is 95.2 cm³/mol. The van der Waals surface area contributed by atoms with Gasteiger partial charge in [0.25, 0.3) is 5.56 Å². The Morgan fingerprint density at radius 3 is 2.54 bits per heavy atom. The minimum Gasteiger partial charge on any atom is -0.325 e. The van der Waals surface area contributed by atoms with Crippen LogP contribution in [0.1, 0.15) is 18.3 Å². The first-order chi connectivity index (χ1) is 11.6. The molecule has 1 N–H and O–H groups in total. The molecule has 0 spiro atoms. The van der Waals surface area contributed by atoms with Gasteiger partial charge < -0.3 is 5.32 Å². The van der Waals surface area contributed by atoms with Crippen LogP contribution in [0, 0.1) is 6.92 Å². The first-order valence-corrected chi connectivity index (χ1v) is 7.93. The Morgan fingerprint density at radius 1 is 1.12 bits per heavy atom. The van der Waals surface area contributed by atoms with Gasteiger partial charge in [-0.15, -0.1) is 0 Å². The summed E-state index contributed by atoms with van der Waals surface area (Å²) in [7, 11) is 0. The fourth-order valence-electron chi connectivity index (χ4n) is 2.63. The molecule has 0 saturated carbocycles. The molecular weight excluding hydrogens is 302 g/mol. The van der Waals surface area contributed by atoms with Crippen molar-refractivity contribution in [2.45, 2.75) is 26.8 Å². The number of hydrogen-bond donors (Lipinski definition) is 1. The van der Waals surface area contributed by atoms with Crippen molar-refractivity contribution in [3.63, 3.8) is 0 Å². The average Bonchev–Trinajstić information content (AvgIpc) is 2.59. The summed E-state index contributed by atoms with van der Waals surface area (Å²) < 4.78 is 1.45. The summed E-state index contributed by atoms with van der Waals surface area (Å²) in [5, 5.41) is 3.34. The van der Waals surface area contributed by atoms with Crippen molar-refractivity contribution in [3.8, 4) is 0 Å². The lowest BCUT2D eigenvalue weighted by atomic mass is 10.2. The standard InChI is InChI=1S/C19H19N3O2/c1-3-17-21-16-7-5-4-6-15(16)19(24)22(17)12-18(23)20-14-10-8-13(2)9-11-14/h4-11H,3,12H2,1-2H3,(H,20,23). The monoisotopic (exact) mass is 321 g/mol. The maximum absolute atomic E-state index is 12.7. The number of anilines is 1. The number of para-hydroxylation sites is 1. The smallest absolute Gasteiger partial charge is 0.261 e. The van der Waals surface area contributed by atoms with Crippen molar-refractivity contribution in [2.75, 3.05) is 5.32 Å². The van der Waals surface area contributed by atoms with Crippen LogP contribution in [-0.4, -0.2) is 15.5 Å². The van der Waals surface area contributed by atoms with Crippen LogP contribution < -0.4 is 10.9 Å². The zero-order valence-electron chi connectivity index (χ0n) is 13.7. The van der Waals surface area contributed by atoms with Gasteiger partial charge in [-0.05, 0) is 31.2 Å². The molecule has 0 radical (unpaired) electrons. The third-order valence-electron chi connectivity index (χ3n) is 3.89. The lowest BCUT2D eigenvalue weighted by Gasteiger charge is -2.12. The van der Waals surface area contributed by atoms with Crippen molar-refractivity contribution in [2.24, 2.45) is 0 Å². The molecule has 0 unspecified atom stereocenters. The molecule has 0 bridgehead atoms. The Bertz CT molecular complexity index is 943. The molecule has 1 aromatic heterocycles. The summed E-state index contributed by atoms with van der Waals surface area (Å²) in [6.45, 7) is 3.86. The summed E-state index contributed by atoms with van der Waals surface area (Å²) in [6.07, 6.45) is 0.581. The van der Waals surface area contributed by atoms with E-state index in [2.05, 4.69) is 10.3 Å². The molecule has 1 amide bonds. The van der Waals surface area contributed by atoms with Crippen LogP contribution in [0.15, 0.2) is 53.3 Å². The number of benzene rings is 2. The first kappa shape index (κ1) is 15.9. The van der Waals surface area contributed by atoms with Gasteiger partial charge in [0.2, 0.25) is 5.91 Å². The van der Waals surface area contributed by atoms with Crippen molar-refractivity contribution < 1.29 is 4.79 Å². The van der Waals surface area contributed by atoms with E-state index in [1.54, 1.807) is 12.1 Å². The molecular formula is C19H19N3O2. The van der Waals surface area contributed by atoms with E-state index in [1.807, 2.05) is 50.2 Å². The van der Waals surface area contributed by atoms with Gasteiger partial charge in [-0.25, -0.2) is 4.98 Å². The van der Waals surface area contributed by atoms with Gasteiger partial charge in [-0.1, -0.05) is 36.8 Å². The fourth-order valence-corrected chi connectivity index (χ4v) is 2.63. The molecule has 0 aliphatic rings. The lowest BCUT2D eigenvalue weighted by molar-refractivity contribution is -0.116. The Kier molecular flexibility index (Phi) is 4.42. The van der Waals surface area contributed by atoms with E-state index in [0.717, 1.165) is 5.56 Å². The molecule has 122 valence electrons. The third kappa shape index (κ3) is 3.20.